The van der Waals surface area contributed by atoms with Crippen LogP contribution in [0.1, 0.15) is 5.56 Å². The van der Waals surface area contributed by atoms with Crippen LogP contribution in [0.15, 0.2) is 66.1 Å². The number of para-hydroxylation sites is 1. The van der Waals surface area contributed by atoms with Crippen LogP contribution in [-0.2, 0) is 16.0 Å². The minimum Gasteiger partial charge on any atom is -0.369 e. The number of thioether (sulfide) groups is 1. The van der Waals surface area contributed by atoms with Gasteiger partial charge in [0, 0.05) is 44.6 Å². The minimum absolute atomic E-state index is 0.0657. The first-order valence-corrected chi connectivity index (χ1v) is 11.2. The van der Waals surface area contributed by atoms with Crippen LogP contribution >= 0.6 is 11.8 Å². The fourth-order valence-electron chi connectivity index (χ4n) is 4.43. The Labute approximate surface area is 188 Å². The van der Waals surface area contributed by atoms with Crippen LogP contribution in [-0.4, -0.2) is 29.1 Å². The average Bonchev–Trinajstić information content (AvgIpc) is 3.18. The summed E-state index contributed by atoms with van der Waals surface area (Å²) >= 11 is 1.60. The summed E-state index contributed by atoms with van der Waals surface area (Å²) in [7, 11) is 0. The van der Waals surface area contributed by atoms with Crippen LogP contribution < -0.4 is 10.6 Å². The van der Waals surface area contributed by atoms with Crippen LogP contribution in [0.2, 0.25) is 0 Å². The quantitative estimate of drug-likeness (QED) is 0.444. The molecule has 3 N–H and O–H groups in total. The molecule has 5 rings (SSSR count). The number of aromatic nitrogens is 1. The number of nitrogens with one attached hydrogen (secondary N) is 1. The van der Waals surface area contributed by atoms with E-state index in [9.17, 15) is 9.59 Å². The summed E-state index contributed by atoms with van der Waals surface area (Å²) in [6.45, 7) is 4.17. The fourth-order valence-corrected chi connectivity index (χ4v) is 5.56. The highest BCUT2D eigenvalue weighted by Gasteiger charge is 2.27. The summed E-state index contributed by atoms with van der Waals surface area (Å²) in [5.41, 5.74) is 9.40. The van der Waals surface area contributed by atoms with Crippen molar-refractivity contribution in [2.75, 3.05) is 17.2 Å². The summed E-state index contributed by atoms with van der Waals surface area (Å²) in [6.07, 6.45) is 1.23. The van der Waals surface area contributed by atoms with E-state index < -0.39 is 11.7 Å². The summed E-state index contributed by atoms with van der Waals surface area (Å²) in [4.78, 5) is 29.9. The maximum Gasteiger partial charge on any atom is 0.250 e. The van der Waals surface area contributed by atoms with Gasteiger partial charge in [0.05, 0.1) is 17.6 Å². The number of anilines is 1. The molecule has 0 saturated heterocycles. The third kappa shape index (κ3) is 3.17. The van der Waals surface area contributed by atoms with Gasteiger partial charge in [-0.15, -0.1) is 11.8 Å². The van der Waals surface area contributed by atoms with Gasteiger partial charge in [0.1, 0.15) is 5.82 Å². The van der Waals surface area contributed by atoms with Crippen molar-refractivity contribution < 1.29 is 14.0 Å². The van der Waals surface area contributed by atoms with Gasteiger partial charge in [-0.25, -0.2) is 4.39 Å². The predicted octanol–water partition coefficient (Wildman–Crippen LogP) is 4.78. The number of primary amides is 1. The number of hydrogen-bond donors (Lipinski definition) is 2. The number of fused-ring (bicyclic) bond motifs is 4. The number of H-pyrrole nitrogens is 1. The molecule has 0 bridgehead atoms. The van der Waals surface area contributed by atoms with Gasteiger partial charge >= 0.3 is 0 Å². The summed E-state index contributed by atoms with van der Waals surface area (Å²) in [5, 5.41) is 1.57. The number of carbonyl (C=O) groups excluding carboxylic acids is 2. The Morgan fingerprint density at radius 2 is 2.03 bits per heavy atom. The Balaban J connectivity index is 1.85. The first-order valence-electron chi connectivity index (χ1n) is 10.2. The number of carbonyl (C=O) groups is 2. The number of aromatic amines is 1. The zero-order valence-corrected chi connectivity index (χ0v) is 18.0. The molecule has 0 spiro atoms. The SMILES string of the molecule is C=CC(=O)N1CCSc2c(-c3c(F)cc(CC(N)=O)c4[nH]c5ccccc5c34)cccc21. The van der Waals surface area contributed by atoms with E-state index in [0.717, 1.165) is 21.5 Å². The molecule has 0 saturated carbocycles. The topological polar surface area (TPSA) is 79.2 Å². The zero-order chi connectivity index (χ0) is 22.4. The van der Waals surface area contributed by atoms with Crippen molar-refractivity contribution in [3.63, 3.8) is 0 Å². The molecule has 0 fully saturated rings. The fraction of sp³-hybridized carbons (Fsp3) is 0.120. The molecule has 1 aliphatic heterocycles. The second kappa shape index (κ2) is 7.84. The van der Waals surface area contributed by atoms with E-state index in [0.29, 0.717) is 39.9 Å². The predicted molar refractivity (Wildman–Crippen MR) is 127 cm³/mol. The van der Waals surface area contributed by atoms with Crippen molar-refractivity contribution in [2.45, 2.75) is 11.3 Å². The van der Waals surface area contributed by atoms with E-state index in [-0.39, 0.29) is 12.3 Å². The van der Waals surface area contributed by atoms with Crippen molar-refractivity contribution in [3.05, 3.63) is 72.6 Å². The van der Waals surface area contributed by atoms with Gasteiger partial charge in [-0.05, 0) is 29.8 Å². The molecule has 32 heavy (non-hydrogen) atoms. The summed E-state index contributed by atoms with van der Waals surface area (Å²) < 4.78 is 15.7. The Morgan fingerprint density at radius 1 is 1.22 bits per heavy atom. The average molecular weight is 446 g/mol. The molecule has 4 aromatic rings. The lowest BCUT2D eigenvalue weighted by Gasteiger charge is -2.30. The van der Waals surface area contributed by atoms with E-state index in [2.05, 4.69) is 11.6 Å². The molecule has 7 heteroatoms. The normalized spacial score (nSPS) is 13.3. The highest BCUT2D eigenvalue weighted by Crippen LogP contribution is 2.46. The summed E-state index contributed by atoms with van der Waals surface area (Å²) in [5.74, 6) is -0.441. The van der Waals surface area contributed by atoms with E-state index in [1.165, 1.54) is 12.1 Å². The van der Waals surface area contributed by atoms with E-state index in [1.807, 2.05) is 42.5 Å². The Morgan fingerprint density at radius 3 is 2.81 bits per heavy atom. The van der Waals surface area contributed by atoms with Crippen molar-refractivity contribution in [1.29, 1.82) is 0 Å². The molecular weight excluding hydrogens is 425 g/mol. The van der Waals surface area contributed by atoms with E-state index in [4.69, 9.17) is 5.73 Å². The number of rotatable bonds is 4. The van der Waals surface area contributed by atoms with E-state index in [1.54, 1.807) is 16.7 Å². The lowest BCUT2D eigenvalue weighted by molar-refractivity contribution is -0.117. The van der Waals surface area contributed by atoms with Gasteiger partial charge in [0.25, 0.3) is 0 Å². The second-order valence-electron chi connectivity index (χ2n) is 7.65. The maximum absolute atomic E-state index is 15.7. The highest BCUT2D eigenvalue weighted by molar-refractivity contribution is 7.99. The molecule has 5 nitrogen and oxygen atoms in total. The van der Waals surface area contributed by atoms with Crippen LogP contribution in [0.4, 0.5) is 10.1 Å². The van der Waals surface area contributed by atoms with Crippen molar-refractivity contribution >= 4 is 51.1 Å². The molecular formula is C25H20FN3O2S. The van der Waals surface area contributed by atoms with Crippen molar-refractivity contribution in [3.8, 4) is 11.1 Å². The number of nitrogens with zero attached hydrogens (tertiary/aromatic N) is 1. The molecule has 0 radical (unpaired) electrons. The standard InChI is InChI=1S/C25H20FN3O2S/c1-2-21(31)29-10-11-32-25-16(7-5-9-19(25)29)22-17(26)12-14(13-20(27)30)24-23(22)15-6-3-4-8-18(15)28-24/h2-9,12,28H,1,10-11,13H2,(H2,27,30). The molecule has 0 atom stereocenters. The monoisotopic (exact) mass is 445 g/mol. The number of halogens is 1. The molecule has 2 heterocycles. The minimum atomic E-state index is -0.525. The molecule has 1 aliphatic rings. The third-order valence-electron chi connectivity index (χ3n) is 5.74. The Hall–Kier alpha value is -3.58. The highest BCUT2D eigenvalue weighted by atomic mass is 32.2. The Bertz CT molecular complexity index is 1430. The molecule has 160 valence electrons. The van der Waals surface area contributed by atoms with Gasteiger partial charge in [-0.2, -0.15) is 0 Å². The Kier molecular flexibility index (Phi) is 4.98. The molecule has 3 aromatic carbocycles. The number of nitrogens with two attached hydrogens (primary N) is 1. The van der Waals surface area contributed by atoms with Crippen LogP contribution in [0.3, 0.4) is 0 Å². The largest absolute Gasteiger partial charge is 0.369 e. The van der Waals surface area contributed by atoms with E-state index >= 15 is 4.39 Å². The smallest absolute Gasteiger partial charge is 0.250 e. The lowest BCUT2D eigenvalue weighted by Crippen LogP contribution is -2.34. The molecule has 2 amide bonds. The molecule has 1 aromatic heterocycles. The zero-order valence-electron chi connectivity index (χ0n) is 17.2. The first kappa shape index (κ1) is 20.3. The van der Waals surface area contributed by atoms with Crippen molar-refractivity contribution in [1.82, 2.24) is 4.98 Å². The maximum atomic E-state index is 15.7. The number of benzene rings is 3. The number of amides is 2. The van der Waals surface area contributed by atoms with Crippen LogP contribution in [0.25, 0.3) is 32.9 Å². The van der Waals surface area contributed by atoms with Crippen molar-refractivity contribution in [2.24, 2.45) is 5.73 Å². The third-order valence-corrected chi connectivity index (χ3v) is 6.84. The van der Waals surface area contributed by atoms with Gasteiger partial charge in [0.15, 0.2) is 0 Å². The molecule has 0 unspecified atom stereocenters. The van der Waals surface area contributed by atoms with Gasteiger partial charge in [-0.1, -0.05) is 36.9 Å². The lowest BCUT2D eigenvalue weighted by atomic mass is 9.94. The van der Waals surface area contributed by atoms with Gasteiger partial charge in [0.2, 0.25) is 11.8 Å². The first-order chi connectivity index (χ1) is 15.5. The summed E-state index contributed by atoms with van der Waals surface area (Å²) in [6, 6.07) is 14.6. The second-order valence-corrected chi connectivity index (χ2v) is 8.76. The van der Waals surface area contributed by atoms with Gasteiger partial charge in [-0.3, -0.25) is 9.59 Å². The number of hydrogen-bond acceptors (Lipinski definition) is 3. The van der Waals surface area contributed by atoms with Crippen LogP contribution in [0.5, 0.6) is 0 Å². The molecule has 0 aliphatic carbocycles. The van der Waals surface area contributed by atoms with Gasteiger partial charge < -0.3 is 15.6 Å². The van der Waals surface area contributed by atoms with Crippen LogP contribution in [0, 0.1) is 5.82 Å².